The number of hydrogen-bond donors (Lipinski definition) is 0. The summed E-state index contributed by atoms with van der Waals surface area (Å²) in [6.45, 7) is 2.61. The molecule has 0 bridgehead atoms. The molecule has 0 spiro atoms. The van der Waals surface area contributed by atoms with Crippen LogP contribution in [0.15, 0.2) is 0 Å². The van der Waals surface area contributed by atoms with Gasteiger partial charge in [0.15, 0.2) is 5.78 Å². The van der Waals surface area contributed by atoms with Crippen LogP contribution in [0.5, 0.6) is 0 Å². The quantitative estimate of drug-likeness (QED) is 0.667. The average Bonchev–Trinajstić information content (AvgIpc) is 2.74. The molecular formula is C11H16N2O3. The second-order valence-electron chi connectivity index (χ2n) is 4.33. The van der Waals surface area contributed by atoms with Gasteiger partial charge in [0.1, 0.15) is 12.6 Å². The molecule has 2 fully saturated rings. The highest BCUT2D eigenvalue weighted by Gasteiger charge is 2.41. The number of hydrogen-bond acceptors (Lipinski definition) is 3. The van der Waals surface area contributed by atoms with Crippen LogP contribution < -0.4 is 0 Å². The zero-order chi connectivity index (χ0) is 11.7. The van der Waals surface area contributed by atoms with Crippen molar-refractivity contribution < 1.29 is 14.4 Å². The molecule has 0 aromatic rings. The Morgan fingerprint density at radius 3 is 2.88 bits per heavy atom. The van der Waals surface area contributed by atoms with E-state index in [1.165, 1.54) is 4.90 Å². The smallest absolute Gasteiger partial charge is 0.246 e. The van der Waals surface area contributed by atoms with Crippen molar-refractivity contribution in [3.63, 3.8) is 0 Å². The molecule has 0 saturated carbocycles. The Bertz CT molecular complexity index is 340. The Balaban J connectivity index is 2.08. The van der Waals surface area contributed by atoms with E-state index in [-0.39, 0.29) is 36.7 Å². The summed E-state index contributed by atoms with van der Waals surface area (Å²) >= 11 is 0. The summed E-state index contributed by atoms with van der Waals surface area (Å²) in [6.07, 6.45) is 2.03. The number of fused-ring (bicyclic) bond motifs is 1. The minimum absolute atomic E-state index is 0.00703. The molecule has 0 aromatic heterocycles. The maximum absolute atomic E-state index is 12.0. The molecule has 5 heteroatoms. The van der Waals surface area contributed by atoms with E-state index in [2.05, 4.69) is 0 Å². The van der Waals surface area contributed by atoms with Crippen LogP contribution in [-0.4, -0.2) is 53.1 Å². The number of carbonyl (C=O) groups excluding carboxylic acids is 3. The minimum Gasteiger partial charge on any atom is -0.329 e. The molecule has 2 amide bonds. The van der Waals surface area contributed by atoms with Crippen LogP contribution in [0.25, 0.3) is 0 Å². The Morgan fingerprint density at radius 2 is 2.19 bits per heavy atom. The summed E-state index contributed by atoms with van der Waals surface area (Å²) in [4.78, 5) is 38.1. The van der Waals surface area contributed by atoms with Crippen LogP contribution in [0.3, 0.4) is 0 Å². The molecule has 88 valence electrons. The topological polar surface area (TPSA) is 57.7 Å². The zero-order valence-corrected chi connectivity index (χ0v) is 9.44. The van der Waals surface area contributed by atoms with Crippen molar-refractivity contribution in [3.05, 3.63) is 0 Å². The standard InChI is InChI=1S/C11H16N2O3/c1-2-8(14)6-12-7-10(15)13-5-3-4-9(13)11(12)16/h9H,2-7H2,1H3. The van der Waals surface area contributed by atoms with Crippen LogP contribution in [0.1, 0.15) is 26.2 Å². The fraction of sp³-hybridized carbons (Fsp3) is 0.727. The molecule has 16 heavy (non-hydrogen) atoms. The first-order valence-corrected chi connectivity index (χ1v) is 5.73. The van der Waals surface area contributed by atoms with Crippen molar-refractivity contribution in [3.8, 4) is 0 Å². The lowest BCUT2D eigenvalue weighted by atomic mass is 10.1. The van der Waals surface area contributed by atoms with Crippen molar-refractivity contribution in [1.82, 2.24) is 9.80 Å². The first kappa shape index (κ1) is 11.1. The number of piperazine rings is 1. The van der Waals surface area contributed by atoms with E-state index in [0.717, 1.165) is 12.8 Å². The fourth-order valence-corrected chi connectivity index (χ4v) is 2.32. The summed E-state index contributed by atoms with van der Waals surface area (Å²) in [7, 11) is 0. The minimum atomic E-state index is -0.300. The highest BCUT2D eigenvalue weighted by molar-refractivity contribution is 5.97. The van der Waals surface area contributed by atoms with E-state index in [1.54, 1.807) is 11.8 Å². The van der Waals surface area contributed by atoms with E-state index in [1.807, 2.05) is 0 Å². The van der Waals surface area contributed by atoms with Gasteiger partial charge in [-0.1, -0.05) is 6.92 Å². The Hall–Kier alpha value is -1.39. The van der Waals surface area contributed by atoms with E-state index in [0.29, 0.717) is 13.0 Å². The molecule has 0 aliphatic carbocycles. The summed E-state index contributed by atoms with van der Waals surface area (Å²) in [5.41, 5.74) is 0. The molecule has 2 aliphatic heterocycles. The van der Waals surface area contributed by atoms with Crippen LogP contribution in [0, 0.1) is 0 Å². The van der Waals surface area contributed by atoms with E-state index < -0.39 is 0 Å². The number of ketones is 1. The first-order valence-electron chi connectivity index (χ1n) is 5.73. The van der Waals surface area contributed by atoms with Gasteiger partial charge in [0.2, 0.25) is 11.8 Å². The Labute approximate surface area is 94.4 Å². The normalized spacial score (nSPS) is 24.9. The summed E-state index contributed by atoms with van der Waals surface area (Å²) in [5, 5.41) is 0. The largest absolute Gasteiger partial charge is 0.329 e. The van der Waals surface area contributed by atoms with Gasteiger partial charge in [-0.2, -0.15) is 0 Å². The van der Waals surface area contributed by atoms with E-state index in [4.69, 9.17) is 0 Å². The van der Waals surface area contributed by atoms with Crippen LogP contribution in [0.4, 0.5) is 0 Å². The SMILES string of the molecule is CCC(=O)CN1CC(=O)N2CCCC2C1=O. The molecule has 0 aromatic carbocycles. The fourth-order valence-electron chi connectivity index (χ4n) is 2.32. The van der Waals surface area contributed by atoms with Crippen molar-refractivity contribution in [2.75, 3.05) is 19.6 Å². The molecule has 2 saturated heterocycles. The number of Topliss-reactive ketones (excluding diaryl/α,β-unsaturated/α-hetero) is 1. The lowest BCUT2D eigenvalue weighted by Crippen LogP contribution is -2.58. The number of nitrogens with zero attached hydrogens (tertiary/aromatic N) is 2. The van der Waals surface area contributed by atoms with Crippen molar-refractivity contribution in [1.29, 1.82) is 0 Å². The molecule has 1 unspecified atom stereocenters. The zero-order valence-electron chi connectivity index (χ0n) is 9.44. The van der Waals surface area contributed by atoms with Gasteiger partial charge >= 0.3 is 0 Å². The maximum atomic E-state index is 12.0. The van der Waals surface area contributed by atoms with Gasteiger partial charge in [0, 0.05) is 13.0 Å². The predicted molar refractivity (Wildman–Crippen MR) is 56.6 cm³/mol. The Kier molecular flexibility index (Phi) is 2.94. The average molecular weight is 224 g/mol. The molecule has 5 nitrogen and oxygen atoms in total. The van der Waals surface area contributed by atoms with Crippen LogP contribution in [0.2, 0.25) is 0 Å². The number of carbonyl (C=O) groups is 3. The predicted octanol–water partition coefficient (Wildman–Crippen LogP) is -0.201. The Morgan fingerprint density at radius 1 is 1.44 bits per heavy atom. The third kappa shape index (κ3) is 1.81. The molecule has 1 atom stereocenters. The second-order valence-corrected chi connectivity index (χ2v) is 4.33. The molecule has 2 heterocycles. The lowest BCUT2D eigenvalue weighted by Gasteiger charge is -2.35. The molecular weight excluding hydrogens is 208 g/mol. The lowest BCUT2D eigenvalue weighted by molar-refractivity contribution is -0.154. The van der Waals surface area contributed by atoms with Gasteiger partial charge in [-0.15, -0.1) is 0 Å². The molecule has 2 rings (SSSR count). The maximum Gasteiger partial charge on any atom is 0.246 e. The number of rotatable bonds is 3. The van der Waals surface area contributed by atoms with Gasteiger partial charge in [-0.05, 0) is 12.8 Å². The molecule has 2 aliphatic rings. The number of amides is 2. The first-order chi connectivity index (χ1) is 7.63. The third-order valence-corrected chi connectivity index (χ3v) is 3.26. The summed E-state index contributed by atoms with van der Waals surface area (Å²) in [5.74, 6) is -0.0718. The van der Waals surface area contributed by atoms with Gasteiger partial charge in [0.25, 0.3) is 0 Å². The van der Waals surface area contributed by atoms with Gasteiger partial charge in [-0.25, -0.2) is 0 Å². The van der Waals surface area contributed by atoms with Gasteiger partial charge in [-0.3, -0.25) is 14.4 Å². The van der Waals surface area contributed by atoms with Crippen molar-refractivity contribution in [2.45, 2.75) is 32.2 Å². The second kappa shape index (κ2) is 4.23. The third-order valence-electron chi connectivity index (χ3n) is 3.26. The summed E-state index contributed by atoms with van der Waals surface area (Å²) in [6, 6.07) is -0.300. The van der Waals surface area contributed by atoms with Gasteiger partial charge < -0.3 is 9.80 Å². The van der Waals surface area contributed by atoms with E-state index >= 15 is 0 Å². The van der Waals surface area contributed by atoms with E-state index in [9.17, 15) is 14.4 Å². The highest BCUT2D eigenvalue weighted by atomic mass is 16.2. The molecule has 0 N–H and O–H groups in total. The summed E-state index contributed by atoms with van der Waals surface area (Å²) < 4.78 is 0. The van der Waals surface area contributed by atoms with Crippen LogP contribution >= 0.6 is 0 Å². The van der Waals surface area contributed by atoms with Gasteiger partial charge in [0.05, 0.1) is 6.54 Å². The van der Waals surface area contributed by atoms with Crippen molar-refractivity contribution >= 4 is 17.6 Å². The highest BCUT2D eigenvalue weighted by Crippen LogP contribution is 2.23. The molecule has 0 radical (unpaired) electrons. The van der Waals surface area contributed by atoms with Crippen molar-refractivity contribution in [2.24, 2.45) is 0 Å². The monoisotopic (exact) mass is 224 g/mol. The van der Waals surface area contributed by atoms with Crippen LogP contribution in [-0.2, 0) is 14.4 Å².